The fourth-order valence-corrected chi connectivity index (χ4v) is 1.80. The molecule has 1 aromatic carbocycles. The second-order valence-corrected chi connectivity index (χ2v) is 3.93. The molecule has 1 aromatic heterocycles. The Morgan fingerprint density at radius 3 is 2.86 bits per heavy atom. The van der Waals surface area contributed by atoms with Crippen molar-refractivity contribution in [2.75, 3.05) is 0 Å². The molecule has 2 aromatic rings. The van der Waals surface area contributed by atoms with Crippen LogP contribution in [0.5, 0.6) is 5.75 Å². The minimum atomic E-state index is -0.465. The second-order valence-electron chi connectivity index (χ2n) is 3.14. The Labute approximate surface area is 88.5 Å². The van der Waals surface area contributed by atoms with E-state index in [2.05, 4.69) is 20.9 Å². The quantitative estimate of drug-likeness (QED) is 0.757. The highest BCUT2D eigenvalue weighted by atomic mass is 79.9. The number of fused-ring (bicyclic) bond motifs is 1. The van der Waals surface area contributed by atoms with Crippen molar-refractivity contribution in [3.05, 3.63) is 38.6 Å². The molecule has 0 atom stereocenters. The largest absolute Gasteiger partial charge is 0.503 e. The minimum absolute atomic E-state index is 0.260. The molecule has 0 aliphatic heterocycles. The van der Waals surface area contributed by atoms with Crippen molar-refractivity contribution in [2.24, 2.45) is 0 Å². The van der Waals surface area contributed by atoms with Crippen molar-refractivity contribution < 1.29 is 5.11 Å². The Bertz CT molecular complexity index is 560. The molecule has 0 fully saturated rings. The van der Waals surface area contributed by atoms with Gasteiger partial charge in [0.15, 0.2) is 5.75 Å². The van der Waals surface area contributed by atoms with E-state index in [0.717, 1.165) is 15.4 Å². The summed E-state index contributed by atoms with van der Waals surface area (Å²) in [5.41, 5.74) is 1.31. The van der Waals surface area contributed by atoms with E-state index in [1.54, 1.807) is 0 Å². The van der Waals surface area contributed by atoms with Crippen LogP contribution in [-0.4, -0.2) is 10.1 Å². The maximum Gasteiger partial charge on any atom is 0.290 e. The topological polar surface area (TPSA) is 53.1 Å². The number of pyridine rings is 1. The van der Waals surface area contributed by atoms with Crippen LogP contribution in [0.25, 0.3) is 10.9 Å². The van der Waals surface area contributed by atoms with Crippen LogP contribution in [0.15, 0.2) is 27.5 Å². The van der Waals surface area contributed by atoms with Gasteiger partial charge in [0.05, 0.1) is 0 Å². The standard InChI is InChI=1S/C10H8BrNO2/c1-5-2-3-7-6(9(5)11)4-8(13)10(14)12-7/h2-4,13H,1H3,(H,12,14). The predicted octanol–water partition coefficient (Wildman–Crippen LogP) is 2.30. The van der Waals surface area contributed by atoms with Gasteiger partial charge >= 0.3 is 0 Å². The van der Waals surface area contributed by atoms with Crippen molar-refractivity contribution in [2.45, 2.75) is 6.92 Å². The van der Waals surface area contributed by atoms with Crippen molar-refractivity contribution in [3.8, 4) is 5.75 Å². The number of hydrogen-bond acceptors (Lipinski definition) is 2. The molecule has 0 saturated carbocycles. The molecule has 3 nitrogen and oxygen atoms in total. The molecular weight excluding hydrogens is 246 g/mol. The summed E-state index contributed by atoms with van der Waals surface area (Å²) in [5, 5.41) is 10.1. The van der Waals surface area contributed by atoms with Gasteiger partial charge in [-0.1, -0.05) is 6.07 Å². The van der Waals surface area contributed by atoms with E-state index in [4.69, 9.17) is 0 Å². The number of halogens is 1. The monoisotopic (exact) mass is 253 g/mol. The molecule has 0 saturated heterocycles. The summed E-state index contributed by atoms with van der Waals surface area (Å²) in [6.07, 6.45) is 0. The molecule has 0 amide bonds. The average molecular weight is 254 g/mol. The summed E-state index contributed by atoms with van der Waals surface area (Å²) in [5.74, 6) is -0.260. The zero-order chi connectivity index (χ0) is 10.3. The molecule has 0 aliphatic carbocycles. The Morgan fingerprint density at radius 1 is 1.43 bits per heavy atom. The van der Waals surface area contributed by atoms with Crippen LogP contribution in [0.3, 0.4) is 0 Å². The minimum Gasteiger partial charge on any atom is -0.503 e. The Balaban J connectivity index is 2.97. The van der Waals surface area contributed by atoms with Gasteiger partial charge in [-0.25, -0.2) is 0 Å². The lowest BCUT2D eigenvalue weighted by atomic mass is 10.1. The molecule has 2 N–H and O–H groups in total. The molecule has 0 radical (unpaired) electrons. The zero-order valence-corrected chi connectivity index (χ0v) is 9.05. The Morgan fingerprint density at radius 2 is 2.14 bits per heavy atom. The lowest BCUT2D eigenvalue weighted by Gasteiger charge is -2.03. The number of H-pyrrole nitrogens is 1. The van der Waals surface area contributed by atoms with E-state index in [1.807, 2.05) is 19.1 Å². The number of aromatic nitrogens is 1. The maximum atomic E-state index is 11.1. The number of benzene rings is 1. The highest BCUT2D eigenvalue weighted by molar-refractivity contribution is 9.10. The van der Waals surface area contributed by atoms with Gasteiger partial charge in [-0.05, 0) is 40.5 Å². The normalized spacial score (nSPS) is 10.7. The predicted molar refractivity (Wildman–Crippen MR) is 58.7 cm³/mol. The molecule has 0 aliphatic rings. The van der Waals surface area contributed by atoms with E-state index >= 15 is 0 Å². The van der Waals surface area contributed by atoms with Gasteiger partial charge in [0.2, 0.25) is 0 Å². The fourth-order valence-electron chi connectivity index (χ4n) is 1.34. The van der Waals surface area contributed by atoms with Crippen LogP contribution in [0, 0.1) is 6.92 Å². The second kappa shape index (κ2) is 3.13. The summed E-state index contributed by atoms with van der Waals surface area (Å²) in [6, 6.07) is 5.18. The average Bonchev–Trinajstić information content (AvgIpc) is 2.15. The van der Waals surface area contributed by atoms with Gasteiger partial charge in [0.25, 0.3) is 5.56 Å². The number of hydrogen-bond donors (Lipinski definition) is 2. The number of aryl methyl sites for hydroxylation is 1. The van der Waals surface area contributed by atoms with Gasteiger partial charge in [-0.2, -0.15) is 0 Å². The summed E-state index contributed by atoms with van der Waals surface area (Å²) in [6.45, 7) is 1.95. The number of aromatic hydroxyl groups is 1. The molecule has 0 spiro atoms. The van der Waals surface area contributed by atoms with Crippen LogP contribution in [0.2, 0.25) is 0 Å². The molecule has 2 rings (SSSR count). The van der Waals surface area contributed by atoms with E-state index in [9.17, 15) is 9.90 Å². The first-order chi connectivity index (χ1) is 6.59. The number of aromatic amines is 1. The molecular formula is C10H8BrNO2. The van der Waals surface area contributed by atoms with Gasteiger partial charge in [0, 0.05) is 15.4 Å². The zero-order valence-electron chi connectivity index (χ0n) is 7.47. The van der Waals surface area contributed by atoms with E-state index < -0.39 is 5.56 Å². The summed E-state index contributed by atoms with van der Waals surface area (Å²) in [4.78, 5) is 13.7. The number of rotatable bonds is 0. The molecule has 1 heterocycles. The maximum absolute atomic E-state index is 11.1. The first-order valence-electron chi connectivity index (χ1n) is 4.10. The third-order valence-corrected chi connectivity index (χ3v) is 3.19. The highest BCUT2D eigenvalue weighted by Crippen LogP contribution is 2.26. The summed E-state index contributed by atoms with van der Waals surface area (Å²) >= 11 is 3.41. The van der Waals surface area contributed by atoms with Gasteiger partial charge in [-0.15, -0.1) is 0 Å². The van der Waals surface area contributed by atoms with E-state index in [0.29, 0.717) is 5.52 Å². The van der Waals surface area contributed by atoms with Crippen molar-refractivity contribution in [1.82, 2.24) is 4.98 Å². The molecule has 4 heteroatoms. The Hall–Kier alpha value is -1.29. The van der Waals surface area contributed by atoms with Gasteiger partial charge < -0.3 is 10.1 Å². The molecule has 0 bridgehead atoms. The van der Waals surface area contributed by atoms with Gasteiger partial charge in [0.1, 0.15) is 0 Å². The first kappa shape index (κ1) is 9.27. The first-order valence-corrected chi connectivity index (χ1v) is 4.90. The summed E-state index contributed by atoms with van der Waals surface area (Å²) < 4.78 is 0.890. The molecule has 72 valence electrons. The van der Waals surface area contributed by atoms with Crippen molar-refractivity contribution >= 4 is 26.8 Å². The van der Waals surface area contributed by atoms with E-state index in [1.165, 1.54) is 6.07 Å². The van der Waals surface area contributed by atoms with Crippen LogP contribution in [0.4, 0.5) is 0 Å². The lowest BCUT2D eigenvalue weighted by Crippen LogP contribution is -2.04. The molecule has 0 unspecified atom stereocenters. The molecule has 14 heavy (non-hydrogen) atoms. The smallest absolute Gasteiger partial charge is 0.290 e. The fraction of sp³-hybridized carbons (Fsp3) is 0.100. The van der Waals surface area contributed by atoms with Crippen LogP contribution in [0.1, 0.15) is 5.56 Å². The Kier molecular flexibility index (Phi) is 2.07. The SMILES string of the molecule is Cc1ccc2[nH]c(=O)c(O)cc2c1Br. The summed E-state index contributed by atoms with van der Waals surface area (Å²) in [7, 11) is 0. The third kappa shape index (κ3) is 1.32. The third-order valence-electron chi connectivity index (χ3n) is 2.13. The van der Waals surface area contributed by atoms with Crippen molar-refractivity contribution in [1.29, 1.82) is 0 Å². The number of nitrogens with one attached hydrogen (secondary N) is 1. The van der Waals surface area contributed by atoms with Crippen LogP contribution >= 0.6 is 15.9 Å². The van der Waals surface area contributed by atoms with E-state index in [-0.39, 0.29) is 5.75 Å². The highest BCUT2D eigenvalue weighted by Gasteiger charge is 2.05. The van der Waals surface area contributed by atoms with Crippen LogP contribution in [-0.2, 0) is 0 Å². The van der Waals surface area contributed by atoms with Crippen LogP contribution < -0.4 is 5.56 Å². The lowest BCUT2D eigenvalue weighted by molar-refractivity contribution is 0.468. The van der Waals surface area contributed by atoms with Gasteiger partial charge in [-0.3, -0.25) is 4.79 Å². The van der Waals surface area contributed by atoms with Crippen molar-refractivity contribution in [3.63, 3.8) is 0 Å².